The van der Waals surface area contributed by atoms with Crippen LogP contribution in [0.15, 0.2) is 61.7 Å². The lowest BCUT2D eigenvalue weighted by Crippen LogP contribution is -2.21. The molecule has 0 aromatic carbocycles. The largest absolute Gasteiger partial charge is 0.349 e. The smallest absolute Gasteiger partial charge is 0.0950 e. The monoisotopic (exact) mass is 461 g/mol. The Morgan fingerprint density at radius 1 is 0.485 bits per heavy atom. The summed E-state index contributed by atoms with van der Waals surface area (Å²) in [5.41, 5.74) is 0.545. The van der Waals surface area contributed by atoms with Crippen LogP contribution in [0.3, 0.4) is 0 Å². The Labute approximate surface area is 206 Å². The maximum absolute atomic E-state index is 4.10. The van der Waals surface area contributed by atoms with E-state index in [4.69, 9.17) is 0 Å². The minimum Gasteiger partial charge on any atom is -0.349 e. The zero-order valence-electron chi connectivity index (χ0n) is 24.5. The molecule has 0 N–H and O–H groups in total. The summed E-state index contributed by atoms with van der Waals surface area (Å²) in [4.78, 5) is 3.95. The molecule has 0 amide bonds. The Morgan fingerprint density at radius 2 is 0.939 bits per heavy atom. The van der Waals surface area contributed by atoms with E-state index in [2.05, 4.69) is 93.9 Å². The lowest BCUT2D eigenvalue weighted by atomic mass is 10.1. The quantitative estimate of drug-likeness (QED) is 0.336. The zero-order chi connectivity index (χ0) is 26.7. The molecule has 0 spiro atoms. The van der Waals surface area contributed by atoms with Crippen LogP contribution in [0.25, 0.3) is 0 Å². The average molecular weight is 462 g/mol. The van der Waals surface area contributed by atoms with Crippen LogP contribution in [0, 0.1) is 0 Å². The van der Waals surface area contributed by atoms with E-state index in [1.54, 1.807) is 12.4 Å². The molecule has 3 aromatic heterocycles. The molecule has 0 saturated heterocycles. The SMILES string of the molecule is CC.CC.CC.CC(C)(C)n1cccc1.CC(C)(C)n1cccn1.CC(C)(C)n1ccnc1. The highest BCUT2D eigenvalue weighted by Gasteiger charge is 2.11. The third kappa shape index (κ3) is 16.9. The third-order valence-corrected chi connectivity index (χ3v) is 3.85. The van der Waals surface area contributed by atoms with E-state index in [-0.39, 0.29) is 16.6 Å². The van der Waals surface area contributed by atoms with Crippen molar-refractivity contribution >= 4 is 0 Å². The minimum absolute atomic E-state index is 0.128. The minimum atomic E-state index is 0.128. The molecule has 0 aliphatic rings. The van der Waals surface area contributed by atoms with Crippen molar-refractivity contribution in [1.29, 1.82) is 0 Å². The van der Waals surface area contributed by atoms with E-state index < -0.39 is 0 Å². The Hall–Kier alpha value is -2.30. The van der Waals surface area contributed by atoms with Crippen LogP contribution in [0.5, 0.6) is 0 Å². The molecule has 0 fully saturated rings. The molecular formula is C28H55N5. The van der Waals surface area contributed by atoms with Crippen LogP contribution in [-0.4, -0.2) is 23.9 Å². The van der Waals surface area contributed by atoms with Crippen molar-refractivity contribution in [3.05, 3.63) is 61.7 Å². The predicted molar refractivity (Wildman–Crippen MR) is 148 cm³/mol. The maximum atomic E-state index is 4.10. The van der Waals surface area contributed by atoms with Crippen LogP contribution in [0.4, 0.5) is 0 Å². The Morgan fingerprint density at radius 3 is 1.12 bits per heavy atom. The van der Waals surface area contributed by atoms with Gasteiger partial charge in [-0.25, -0.2) is 4.98 Å². The van der Waals surface area contributed by atoms with Gasteiger partial charge in [-0.1, -0.05) is 41.5 Å². The van der Waals surface area contributed by atoms with Crippen molar-refractivity contribution in [2.24, 2.45) is 0 Å². The lowest BCUT2D eigenvalue weighted by molar-refractivity contribution is 0.355. The summed E-state index contributed by atoms with van der Waals surface area (Å²) in [6.07, 6.45) is 13.5. The van der Waals surface area contributed by atoms with Gasteiger partial charge in [-0.15, -0.1) is 0 Å². The molecule has 0 saturated carbocycles. The van der Waals surface area contributed by atoms with Gasteiger partial charge in [-0.3, -0.25) is 4.68 Å². The fourth-order valence-corrected chi connectivity index (χ4v) is 2.10. The molecule has 0 radical (unpaired) electrons. The lowest BCUT2D eigenvalue weighted by Gasteiger charge is -2.20. The summed E-state index contributed by atoms with van der Waals surface area (Å²) < 4.78 is 6.20. The maximum Gasteiger partial charge on any atom is 0.0950 e. The molecule has 0 bridgehead atoms. The highest BCUT2D eigenvalue weighted by atomic mass is 15.3. The Kier molecular flexibility index (Phi) is 19.4. The zero-order valence-corrected chi connectivity index (χ0v) is 24.5. The number of aromatic nitrogens is 5. The van der Waals surface area contributed by atoms with Crippen molar-refractivity contribution in [3.63, 3.8) is 0 Å². The van der Waals surface area contributed by atoms with Crippen LogP contribution >= 0.6 is 0 Å². The van der Waals surface area contributed by atoms with Crippen molar-refractivity contribution in [1.82, 2.24) is 23.9 Å². The van der Waals surface area contributed by atoms with Gasteiger partial charge in [0, 0.05) is 48.3 Å². The molecule has 0 aliphatic carbocycles. The number of hydrogen-bond acceptors (Lipinski definition) is 2. The molecule has 5 nitrogen and oxygen atoms in total. The van der Waals surface area contributed by atoms with E-state index in [0.29, 0.717) is 0 Å². The Bertz CT molecular complexity index is 613. The molecule has 3 aromatic rings. The van der Waals surface area contributed by atoms with Crippen molar-refractivity contribution in [3.8, 4) is 0 Å². The second kappa shape index (κ2) is 18.2. The first kappa shape index (κ1) is 35.3. The molecule has 192 valence electrons. The van der Waals surface area contributed by atoms with Crippen molar-refractivity contribution in [2.75, 3.05) is 0 Å². The van der Waals surface area contributed by atoms with Crippen LogP contribution < -0.4 is 0 Å². The summed E-state index contributed by atoms with van der Waals surface area (Å²) in [6, 6.07) is 6.03. The molecular weight excluding hydrogens is 406 g/mol. The van der Waals surface area contributed by atoms with E-state index >= 15 is 0 Å². The van der Waals surface area contributed by atoms with Gasteiger partial charge in [-0.2, -0.15) is 5.10 Å². The molecule has 0 unspecified atom stereocenters. The molecule has 3 rings (SSSR count). The summed E-state index contributed by atoms with van der Waals surface area (Å²) in [7, 11) is 0. The third-order valence-electron chi connectivity index (χ3n) is 3.85. The van der Waals surface area contributed by atoms with Crippen LogP contribution in [0.2, 0.25) is 0 Å². The standard InChI is InChI=1S/C8H13N.2C7H12N2.3C2H6/c1-8(2,3)9-6-4-5-7-9;1-7(2,3)9-5-4-8-6-9;1-7(2,3)9-6-4-5-8-9;3*1-2/h4-7H,1-3H3;2*4-6H,1-3H3;3*1-2H3. The summed E-state index contributed by atoms with van der Waals surface area (Å²) in [5.74, 6) is 0. The molecule has 0 aliphatic heterocycles. The van der Waals surface area contributed by atoms with Crippen LogP contribution in [0.1, 0.15) is 104 Å². The van der Waals surface area contributed by atoms with E-state index in [0.717, 1.165) is 0 Å². The second-order valence-electron chi connectivity index (χ2n) is 9.52. The van der Waals surface area contributed by atoms with Crippen LogP contribution in [-0.2, 0) is 16.6 Å². The van der Waals surface area contributed by atoms with Crippen molar-refractivity contribution < 1.29 is 0 Å². The van der Waals surface area contributed by atoms with Gasteiger partial charge in [0.25, 0.3) is 0 Å². The predicted octanol–water partition coefficient (Wildman–Crippen LogP) is 8.60. The van der Waals surface area contributed by atoms with Gasteiger partial charge < -0.3 is 9.13 Å². The number of hydrogen-bond donors (Lipinski definition) is 0. The molecule has 3 heterocycles. The highest BCUT2D eigenvalue weighted by Crippen LogP contribution is 2.12. The van der Waals surface area contributed by atoms with Crippen molar-refractivity contribution in [2.45, 2.75) is 120 Å². The van der Waals surface area contributed by atoms with Gasteiger partial charge in [0.15, 0.2) is 0 Å². The first-order valence-electron chi connectivity index (χ1n) is 12.4. The van der Waals surface area contributed by atoms with Gasteiger partial charge >= 0.3 is 0 Å². The fraction of sp³-hybridized carbons (Fsp3) is 0.643. The Balaban J connectivity index is -0.000000367. The summed E-state index contributed by atoms with van der Waals surface area (Å²) >= 11 is 0. The molecule has 33 heavy (non-hydrogen) atoms. The summed E-state index contributed by atoms with van der Waals surface area (Å²) in [6.45, 7) is 31.4. The first-order valence-corrected chi connectivity index (χ1v) is 12.4. The first-order chi connectivity index (χ1) is 15.3. The number of nitrogens with zero attached hydrogens (tertiary/aromatic N) is 5. The average Bonchev–Trinajstić information content (AvgIpc) is 3.55. The molecule has 0 atom stereocenters. The van der Waals surface area contributed by atoms with Gasteiger partial charge in [0.2, 0.25) is 0 Å². The summed E-state index contributed by atoms with van der Waals surface area (Å²) in [5, 5.41) is 4.10. The number of imidazole rings is 1. The number of rotatable bonds is 0. The van der Waals surface area contributed by atoms with Gasteiger partial charge in [0.05, 0.1) is 11.9 Å². The fourth-order valence-electron chi connectivity index (χ4n) is 2.10. The van der Waals surface area contributed by atoms with E-state index in [1.165, 1.54) is 0 Å². The topological polar surface area (TPSA) is 40.6 Å². The van der Waals surface area contributed by atoms with E-state index in [1.807, 2.05) is 83.1 Å². The van der Waals surface area contributed by atoms with Gasteiger partial charge in [-0.05, 0) is 80.5 Å². The second-order valence-corrected chi connectivity index (χ2v) is 9.52. The molecule has 5 heteroatoms. The van der Waals surface area contributed by atoms with E-state index in [9.17, 15) is 0 Å². The normalized spacial score (nSPS) is 10.3. The van der Waals surface area contributed by atoms with Gasteiger partial charge in [0.1, 0.15) is 0 Å². The highest BCUT2D eigenvalue weighted by molar-refractivity contribution is 4.94.